The van der Waals surface area contributed by atoms with Crippen molar-refractivity contribution in [1.29, 1.82) is 0 Å². The number of H-pyrrole nitrogens is 1. The standard InChI is InChI=1S/C19H17N5O2/c1-11-8-14(13-9-12(26-2)5-6-15(13)22-11)19(25)21-10-17-23-16-4-3-7-20-18(16)24-17/h3-9H,10H2,1-2H3,(H,21,25)(H,20,23,24). The summed E-state index contributed by atoms with van der Waals surface area (Å²) >= 11 is 0. The zero-order chi connectivity index (χ0) is 18.1. The van der Waals surface area contributed by atoms with Crippen LogP contribution < -0.4 is 10.1 Å². The van der Waals surface area contributed by atoms with Crippen LogP contribution in [0, 0.1) is 6.92 Å². The first-order chi connectivity index (χ1) is 12.6. The Kier molecular flexibility index (Phi) is 3.96. The van der Waals surface area contributed by atoms with E-state index in [0.29, 0.717) is 22.8 Å². The van der Waals surface area contributed by atoms with Gasteiger partial charge in [0.2, 0.25) is 0 Å². The van der Waals surface area contributed by atoms with E-state index in [9.17, 15) is 4.79 Å². The molecule has 0 saturated heterocycles. The lowest BCUT2D eigenvalue weighted by atomic mass is 10.1. The van der Waals surface area contributed by atoms with Crippen molar-refractivity contribution in [2.75, 3.05) is 7.11 Å². The number of imidazole rings is 1. The van der Waals surface area contributed by atoms with E-state index < -0.39 is 0 Å². The van der Waals surface area contributed by atoms with Crippen LogP contribution >= 0.6 is 0 Å². The fourth-order valence-electron chi connectivity index (χ4n) is 2.89. The molecular formula is C19H17N5O2. The van der Waals surface area contributed by atoms with E-state index >= 15 is 0 Å². The van der Waals surface area contributed by atoms with Crippen molar-refractivity contribution in [2.24, 2.45) is 0 Å². The van der Waals surface area contributed by atoms with Crippen LogP contribution in [0.15, 0.2) is 42.6 Å². The molecule has 0 fully saturated rings. The van der Waals surface area contributed by atoms with Crippen molar-refractivity contribution in [2.45, 2.75) is 13.5 Å². The molecule has 1 amide bonds. The number of aromatic amines is 1. The van der Waals surface area contributed by atoms with Gasteiger partial charge < -0.3 is 15.0 Å². The number of hydrogen-bond donors (Lipinski definition) is 2. The number of methoxy groups -OCH3 is 1. The minimum atomic E-state index is -0.192. The van der Waals surface area contributed by atoms with Crippen molar-refractivity contribution in [3.05, 3.63) is 59.7 Å². The molecule has 3 aromatic heterocycles. The number of fused-ring (bicyclic) bond motifs is 2. The molecule has 130 valence electrons. The number of amides is 1. The fraction of sp³-hybridized carbons (Fsp3) is 0.158. The Morgan fingerprint density at radius 3 is 2.92 bits per heavy atom. The van der Waals surface area contributed by atoms with E-state index in [4.69, 9.17) is 4.74 Å². The van der Waals surface area contributed by atoms with Crippen LogP contribution in [-0.4, -0.2) is 33.0 Å². The number of pyridine rings is 2. The molecule has 0 radical (unpaired) electrons. The van der Waals surface area contributed by atoms with Gasteiger partial charge in [-0.15, -0.1) is 0 Å². The highest BCUT2D eigenvalue weighted by Gasteiger charge is 2.14. The number of aromatic nitrogens is 4. The lowest BCUT2D eigenvalue weighted by Crippen LogP contribution is -2.24. The average Bonchev–Trinajstić information content (AvgIpc) is 3.08. The molecule has 0 saturated carbocycles. The van der Waals surface area contributed by atoms with Gasteiger partial charge in [0.1, 0.15) is 11.6 Å². The molecule has 0 aliphatic heterocycles. The first-order valence-electron chi connectivity index (χ1n) is 8.17. The first kappa shape index (κ1) is 16.0. The molecule has 0 spiro atoms. The summed E-state index contributed by atoms with van der Waals surface area (Å²) in [4.78, 5) is 28.9. The number of nitrogens with one attached hydrogen (secondary N) is 2. The second kappa shape index (κ2) is 6.44. The zero-order valence-corrected chi connectivity index (χ0v) is 14.4. The van der Waals surface area contributed by atoms with Crippen molar-refractivity contribution in [3.63, 3.8) is 0 Å². The Labute approximate surface area is 149 Å². The quantitative estimate of drug-likeness (QED) is 0.592. The van der Waals surface area contributed by atoms with Gasteiger partial charge >= 0.3 is 0 Å². The summed E-state index contributed by atoms with van der Waals surface area (Å²) in [5.41, 5.74) is 3.56. The minimum Gasteiger partial charge on any atom is -0.497 e. The number of ether oxygens (including phenoxy) is 1. The summed E-state index contributed by atoms with van der Waals surface area (Å²) in [5.74, 6) is 1.14. The van der Waals surface area contributed by atoms with Gasteiger partial charge in [0, 0.05) is 17.3 Å². The molecule has 3 heterocycles. The Balaban J connectivity index is 1.62. The number of benzene rings is 1. The third-order valence-corrected chi connectivity index (χ3v) is 4.11. The maximum atomic E-state index is 12.8. The normalized spacial score (nSPS) is 11.0. The molecule has 0 atom stereocenters. The monoisotopic (exact) mass is 347 g/mol. The van der Waals surface area contributed by atoms with Crippen LogP contribution in [0.2, 0.25) is 0 Å². The van der Waals surface area contributed by atoms with Gasteiger partial charge in [-0.3, -0.25) is 9.78 Å². The average molecular weight is 347 g/mol. The molecule has 1 aromatic carbocycles. The highest BCUT2D eigenvalue weighted by atomic mass is 16.5. The van der Waals surface area contributed by atoms with E-state index in [1.807, 2.05) is 37.3 Å². The van der Waals surface area contributed by atoms with Gasteiger partial charge in [-0.05, 0) is 43.3 Å². The van der Waals surface area contributed by atoms with Crippen LogP contribution in [-0.2, 0) is 6.54 Å². The van der Waals surface area contributed by atoms with Gasteiger partial charge in [0.15, 0.2) is 5.65 Å². The largest absolute Gasteiger partial charge is 0.497 e. The van der Waals surface area contributed by atoms with Crippen LogP contribution in [0.25, 0.3) is 22.1 Å². The van der Waals surface area contributed by atoms with Gasteiger partial charge in [0.25, 0.3) is 5.91 Å². The SMILES string of the molecule is COc1ccc2nc(C)cc(C(=O)NCc3nc4ncccc4[nH]3)c2c1. The highest BCUT2D eigenvalue weighted by Crippen LogP contribution is 2.23. The van der Waals surface area contributed by atoms with Crippen LogP contribution in [0.1, 0.15) is 21.9 Å². The van der Waals surface area contributed by atoms with E-state index in [2.05, 4.69) is 25.3 Å². The second-order valence-corrected chi connectivity index (χ2v) is 5.94. The van der Waals surface area contributed by atoms with Crippen molar-refractivity contribution >= 4 is 28.0 Å². The van der Waals surface area contributed by atoms with Crippen molar-refractivity contribution in [3.8, 4) is 5.75 Å². The van der Waals surface area contributed by atoms with E-state index in [-0.39, 0.29) is 12.5 Å². The first-order valence-corrected chi connectivity index (χ1v) is 8.17. The maximum Gasteiger partial charge on any atom is 0.252 e. The van der Waals surface area contributed by atoms with Crippen molar-refractivity contribution < 1.29 is 9.53 Å². The Bertz CT molecular complexity index is 1090. The predicted molar refractivity (Wildman–Crippen MR) is 98.1 cm³/mol. The summed E-state index contributed by atoms with van der Waals surface area (Å²) in [6.07, 6.45) is 1.69. The Morgan fingerprint density at radius 2 is 2.12 bits per heavy atom. The summed E-state index contributed by atoms with van der Waals surface area (Å²) in [6.45, 7) is 2.15. The predicted octanol–water partition coefficient (Wildman–Crippen LogP) is 2.75. The molecule has 26 heavy (non-hydrogen) atoms. The van der Waals surface area contributed by atoms with Gasteiger partial charge in [-0.25, -0.2) is 9.97 Å². The topological polar surface area (TPSA) is 92.8 Å². The molecule has 7 heteroatoms. The second-order valence-electron chi connectivity index (χ2n) is 5.94. The van der Waals surface area contributed by atoms with Gasteiger partial charge in [-0.1, -0.05) is 0 Å². The lowest BCUT2D eigenvalue weighted by molar-refractivity contribution is 0.0951. The maximum absolute atomic E-state index is 12.8. The Morgan fingerprint density at radius 1 is 1.23 bits per heavy atom. The summed E-state index contributed by atoms with van der Waals surface area (Å²) < 4.78 is 5.27. The summed E-state index contributed by atoms with van der Waals surface area (Å²) in [5, 5.41) is 3.65. The van der Waals surface area contributed by atoms with E-state index in [1.165, 1.54) is 0 Å². The molecule has 2 N–H and O–H groups in total. The zero-order valence-electron chi connectivity index (χ0n) is 14.4. The molecule has 0 aliphatic carbocycles. The summed E-state index contributed by atoms with van der Waals surface area (Å²) in [6, 6.07) is 11.0. The van der Waals surface area contributed by atoms with Crippen LogP contribution in [0.5, 0.6) is 5.75 Å². The van der Waals surface area contributed by atoms with E-state index in [1.54, 1.807) is 19.4 Å². The molecule has 4 rings (SSSR count). The van der Waals surface area contributed by atoms with E-state index in [0.717, 1.165) is 22.1 Å². The molecule has 7 nitrogen and oxygen atoms in total. The molecule has 0 bridgehead atoms. The number of nitrogens with zero attached hydrogens (tertiary/aromatic N) is 3. The smallest absolute Gasteiger partial charge is 0.252 e. The molecule has 0 aliphatic rings. The summed E-state index contributed by atoms with van der Waals surface area (Å²) in [7, 11) is 1.60. The molecule has 4 aromatic rings. The van der Waals surface area contributed by atoms with Gasteiger partial charge in [-0.2, -0.15) is 0 Å². The third-order valence-electron chi connectivity index (χ3n) is 4.11. The number of hydrogen-bond acceptors (Lipinski definition) is 5. The van der Waals surface area contributed by atoms with Crippen LogP contribution in [0.3, 0.4) is 0 Å². The van der Waals surface area contributed by atoms with Crippen LogP contribution in [0.4, 0.5) is 0 Å². The molecule has 0 unspecified atom stereocenters. The highest BCUT2D eigenvalue weighted by molar-refractivity contribution is 6.06. The minimum absolute atomic E-state index is 0.192. The fourth-order valence-corrected chi connectivity index (χ4v) is 2.89. The number of carbonyl (C=O) groups is 1. The number of aryl methyl sites for hydroxylation is 1. The van der Waals surface area contributed by atoms with Crippen molar-refractivity contribution in [1.82, 2.24) is 25.3 Å². The Hall–Kier alpha value is -3.48. The number of rotatable bonds is 4. The third kappa shape index (κ3) is 2.95. The van der Waals surface area contributed by atoms with Gasteiger partial charge in [0.05, 0.1) is 30.3 Å². The molecular weight excluding hydrogens is 330 g/mol. The lowest BCUT2D eigenvalue weighted by Gasteiger charge is -2.09. The number of carbonyl (C=O) groups excluding carboxylic acids is 1.